The molecule has 2 bridgehead atoms. The standard InChI is InChI=1S/C19H27BrO3/c1-17-6-5-14-12(13(17)2-3-15(17)22)8-16-19(20)9-11(21)4-7-18(14,19)10-23-16/h11-14,16,21H,2-10H2,1H3/t11-,12-,13-,14-,16-,17+,18+,19+/m1/s1. The minimum Gasteiger partial charge on any atom is -0.393 e. The zero-order chi connectivity index (χ0) is 16.0. The van der Waals surface area contributed by atoms with Crippen molar-refractivity contribution in [3.63, 3.8) is 0 Å². The van der Waals surface area contributed by atoms with Gasteiger partial charge in [-0.3, -0.25) is 4.79 Å². The third kappa shape index (κ3) is 1.67. The first-order valence-corrected chi connectivity index (χ1v) is 10.2. The van der Waals surface area contributed by atoms with E-state index in [0.29, 0.717) is 23.5 Å². The van der Waals surface area contributed by atoms with Gasteiger partial charge in [-0.25, -0.2) is 0 Å². The molecule has 1 saturated heterocycles. The van der Waals surface area contributed by atoms with Crippen molar-refractivity contribution in [2.45, 2.75) is 74.8 Å². The van der Waals surface area contributed by atoms with E-state index in [1.165, 1.54) is 6.42 Å². The van der Waals surface area contributed by atoms with Gasteiger partial charge in [0.15, 0.2) is 0 Å². The fraction of sp³-hybridized carbons (Fsp3) is 0.947. The molecule has 5 fully saturated rings. The molecular formula is C19H27BrO3. The Morgan fingerprint density at radius 3 is 2.87 bits per heavy atom. The average Bonchev–Trinajstić information content (AvgIpc) is 2.88. The number of ether oxygens (including phenoxy) is 1. The molecule has 0 radical (unpaired) electrons. The average molecular weight is 383 g/mol. The van der Waals surface area contributed by atoms with Crippen LogP contribution in [0.25, 0.3) is 0 Å². The molecule has 0 aromatic carbocycles. The molecule has 0 aromatic heterocycles. The molecule has 4 aliphatic carbocycles. The van der Waals surface area contributed by atoms with Crippen LogP contribution in [-0.4, -0.2) is 34.0 Å². The van der Waals surface area contributed by atoms with Gasteiger partial charge in [0.05, 0.1) is 23.1 Å². The molecule has 23 heavy (non-hydrogen) atoms. The predicted octanol–water partition coefficient (Wildman–Crippen LogP) is 3.47. The van der Waals surface area contributed by atoms with Crippen molar-refractivity contribution in [2.75, 3.05) is 6.61 Å². The molecule has 5 rings (SSSR count). The third-order valence-corrected chi connectivity index (χ3v) is 10.3. The van der Waals surface area contributed by atoms with Crippen molar-refractivity contribution >= 4 is 21.7 Å². The molecule has 8 atom stereocenters. The number of fused-ring (bicyclic) bond motifs is 3. The van der Waals surface area contributed by atoms with E-state index in [1.807, 2.05) is 0 Å². The Morgan fingerprint density at radius 2 is 2.04 bits per heavy atom. The van der Waals surface area contributed by atoms with Crippen LogP contribution in [0, 0.1) is 28.6 Å². The van der Waals surface area contributed by atoms with E-state index in [9.17, 15) is 9.90 Å². The Hall–Kier alpha value is 0.0700. The smallest absolute Gasteiger partial charge is 0.139 e. The fourth-order valence-electron chi connectivity index (χ4n) is 7.48. The second-order valence-corrected chi connectivity index (χ2v) is 10.7. The van der Waals surface area contributed by atoms with Crippen LogP contribution in [0.5, 0.6) is 0 Å². The first-order chi connectivity index (χ1) is 10.9. The van der Waals surface area contributed by atoms with Crippen molar-refractivity contribution in [1.82, 2.24) is 0 Å². The van der Waals surface area contributed by atoms with Gasteiger partial charge in [-0.2, -0.15) is 0 Å². The molecule has 0 amide bonds. The summed E-state index contributed by atoms with van der Waals surface area (Å²) in [5.41, 5.74) is 0.129. The third-order valence-electron chi connectivity index (χ3n) is 8.68. The van der Waals surface area contributed by atoms with E-state index in [1.54, 1.807) is 0 Å². The van der Waals surface area contributed by atoms with Gasteiger partial charge in [0, 0.05) is 17.3 Å². The Kier molecular flexibility index (Phi) is 3.08. The molecule has 0 unspecified atom stereocenters. The van der Waals surface area contributed by atoms with Crippen molar-refractivity contribution in [3.8, 4) is 0 Å². The summed E-state index contributed by atoms with van der Waals surface area (Å²) < 4.78 is 6.29. The number of aliphatic hydroxyl groups excluding tert-OH is 1. The number of alkyl halides is 1. The molecule has 0 spiro atoms. The monoisotopic (exact) mass is 382 g/mol. The number of carbonyl (C=O) groups excluding carboxylic acids is 1. The van der Waals surface area contributed by atoms with Gasteiger partial charge >= 0.3 is 0 Å². The van der Waals surface area contributed by atoms with Crippen molar-refractivity contribution in [3.05, 3.63) is 0 Å². The number of Topliss-reactive ketones (excluding diaryl/α,β-unsaturated/α-hetero) is 1. The zero-order valence-corrected chi connectivity index (χ0v) is 15.5. The Balaban J connectivity index is 1.56. The molecule has 1 N–H and O–H groups in total. The summed E-state index contributed by atoms with van der Waals surface area (Å²) in [5, 5.41) is 10.3. The number of hydrogen-bond donors (Lipinski definition) is 1. The largest absolute Gasteiger partial charge is 0.393 e. The van der Waals surface area contributed by atoms with Crippen LogP contribution in [-0.2, 0) is 9.53 Å². The first kappa shape index (κ1) is 15.3. The maximum Gasteiger partial charge on any atom is 0.139 e. The van der Waals surface area contributed by atoms with Gasteiger partial charge in [0.25, 0.3) is 0 Å². The van der Waals surface area contributed by atoms with Crippen LogP contribution in [0.1, 0.15) is 58.3 Å². The van der Waals surface area contributed by atoms with Gasteiger partial charge < -0.3 is 9.84 Å². The SMILES string of the molecule is C[C@]12CC[C@@H]3[C@H](C[C@H]4OC[C@@]35CC[C@@H](O)C[C@]45Br)[C@H]1CCC2=O. The lowest BCUT2D eigenvalue weighted by Crippen LogP contribution is -2.63. The topological polar surface area (TPSA) is 46.5 Å². The highest BCUT2D eigenvalue weighted by molar-refractivity contribution is 9.10. The lowest BCUT2D eigenvalue weighted by molar-refractivity contribution is -0.136. The minimum absolute atomic E-state index is 0.0326. The van der Waals surface area contributed by atoms with E-state index in [4.69, 9.17) is 4.74 Å². The molecular weight excluding hydrogens is 356 g/mol. The number of carbonyl (C=O) groups is 1. The van der Waals surface area contributed by atoms with E-state index in [-0.39, 0.29) is 27.4 Å². The lowest BCUT2D eigenvalue weighted by Gasteiger charge is -2.61. The summed E-state index contributed by atoms with van der Waals surface area (Å²) >= 11 is 4.11. The summed E-state index contributed by atoms with van der Waals surface area (Å²) in [5.74, 6) is 2.39. The molecule has 5 aliphatic rings. The Bertz CT molecular complexity index is 565. The summed E-state index contributed by atoms with van der Waals surface area (Å²) in [4.78, 5) is 12.5. The quantitative estimate of drug-likeness (QED) is 0.652. The van der Waals surface area contributed by atoms with Gasteiger partial charge in [-0.05, 0) is 62.7 Å². The van der Waals surface area contributed by atoms with Crippen LogP contribution in [0.3, 0.4) is 0 Å². The predicted molar refractivity (Wildman–Crippen MR) is 90.4 cm³/mol. The normalized spacial score (nSPS) is 61.0. The van der Waals surface area contributed by atoms with E-state index < -0.39 is 0 Å². The van der Waals surface area contributed by atoms with Crippen molar-refractivity contribution in [1.29, 1.82) is 0 Å². The molecule has 1 heterocycles. The van der Waals surface area contributed by atoms with E-state index >= 15 is 0 Å². The number of hydrogen-bond acceptors (Lipinski definition) is 3. The maximum atomic E-state index is 12.5. The highest BCUT2D eigenvalue weighted by Gasteiger charge is 2.72. The molecule has 3 nitrogen and oxygen atoms in total. The van der Waals surface area contributed by atoms with Crippen molar-refractivity contribution in [2.24, 2.45) is 28.6 Å². The molecule has 0 aromatic rings. The van der Waals surface area contributed by atoms with Crippen molar-refractivity contribution < 1.29 is 14.6 Å². The highest BCUT2D eigenvalue weighted by Crippen LogP contribution is 2.71. The summed E-state index contributed by atoms with van der Waals surface area (Å²) in [7, 11) is 0. The fourth-order valence-corrected chi connectivity index (χ4v) is 8.78. The van der Waals surface area contributed by atoms with Gasteiger partial charge in [0.1, 0.15) is 5.78 Å². The maximum absolute atomic E-state index is 12.5. The number of rotatable bonds is 0. The first-order valence-electron chi connectivity index (χ1n) is 9.43. The van der Waals surface area contributed by atoms with Crippen LogP contribution < -0.4 is 0 Å². The zero-order valence-electron chi connectivity index (χ0n) is 13.9. The summed E-state index contributed by atoms with van der Waals surface area (Å²) in [6, 6.07) is 0. The Morgan fingerprint density at radius 1 is 1.22 bits per heavy atom. The molecule has 4 heteroatoms. The van der Waals surface area contributed by atoms with Crippen LogP contribution in [0.15, 0.2) is 0 Å². The Labute approximate surface area is 146 Å². The number of aliphatic hydroxyl groups is 1. The number of halogens is 1. The minimum atomic E-state index is -0.190. The lowest BCUT2D eigenvalue weighted by atomic mass is 9.45. The van der Waals surface area contributed by atoms with Gasteiger partial charge in [-0.15, -0.1) is 0 Å². The van der Waals surface area contributed by atoms with Crippen LogP contribution >= 0.6 is 15.9 Å². The van der Waals surface area contributed by atoms with Crippen LogP contribution in [0.2, 0.25) is 0 Å². The molecule has 4 saturated carbocycles. The van der Waals surface area contributed by atoms with E-state index in [2.05, 4.69) is 22.9 Å². The van der Waals surface area contributed by atoms with E-state index in [0.717, 1.165) is 51.6 Å². The molecule has 1 aliphatic heterocycles. The summed E-state index contributed by atoms with van der Waals surface area (Å²) in [6.07, 6.45) is 8.06. The summed E-state index contributed by atoms with van der Waals surface area (Å²) in [6.45, 7) is 3.10. The molecule has 128 valence electrons. The highest BCUT2D eigenvalue weighted by atomic mass is 79.9. The van der Waals surface area contributed by atoms with Gasteiger partial charge in [0.2, 0.25) is 0 Å². The second kappa shape index (κ2) is 4.62. The number of ketones is 1. The second-order valence-electron chi connectivity index (χ2n) is 9.25. The van der Waals surface area contributed by atoms with Gasteiger partial charge in [-0.1, -0.05) is 22.9 Å². The van der Waals surface area contributed by atoms with Crippen LogP contribution in [0.4, 0.5) is 0 Å².